The van der Waals surface area contributed by atoms with Gasteiger partial charge in [0.1, 0.15) is 24.7 Å². The Morgan fingerprint density at radius 3 is 2.75 bits per heavy atom. The second-order valence-electron chi connectivity index (χ2n) is 4.06. The van der Waals surface area contributed by atoms with E-state index in [1.807, 2.05) is 18.2 Å². The van der Waals surface area contributed by atoms with Crippen LogP contribution in [0, 0.1) is 10.1 Å². The van der Waals surface area contributed by atoms with Crippen molar-refractivity contribution in [1.29, 1.82) is 0 Å². The normalized spacial score (nSPS) is 12.1. The fourth-order valence-electron chi connectivity index (χ4n) is 1.59. The average molecular weight is 298 g/mol. The number of aliphatic hydroxyl groups excluding tert-OH is 1. The second-order valence-corrected chi connectivity index (χ2v) is 4.39. The molecule has 1 aromatic heterocycles. The highest BCUT2D eigenvalue weighted by Gasteiger charge is 2.19. The number of nitrogens with zero attached hydrogens (tertiary/aromatic N) is 3. The summed E-state index contributed by atoms with van der Waals surface area (Å²) < 4.78 is 6.68. The number of hydrogen-bond acceptors (Lipinski definition) is 5. The van der Waals surface area contributed by atoms with Gasteiger partial charge >= 0.3 is 11.1 Å². The van der Waals surface area contributed by atoms with E-state index in [4.69, 9.17) is 16.3 Å². The average Bonchev–Trinajstić information content (AvgIpc) is 2.79. The number of ether oxygens (including phenoxy) is 1. The Kier molecular flexibility index (Phi) is 4.54. The van der Waals surface area contributed by atoms with Gasteiger partial charge in [0.2, 0.25) is 0 Å². The number of imidazole rings is 1. The highest BCUT2D eigenvalue weighted by atomic mass is 35.5. The predicted molar refractivity (Wildman–Crippen MR) is 71.8 cm³/mol. The number of rotatable bonds is 6. The minimum Gasteiger partial charge on any atom is -0.491 e. The van der Waals surface area contributed by atoms with Crippen LogP contribution in [0.4, 0.5) is 5.82 Å². The van der Waals surface area contributed by atoms with E-state index in [0.29, 0.717) is 5.75 Å². The van der Waals surface area contributed by atoms with Gasteiger partial charge in [0.15, 0.2) is 0 Å². The monoisotopic (exact) mass is 297 g/mol. The molecular formula is C12H12ClN3O4. The lowest BCUT2D eigenvalue weighted by molar-refractivity contribution is -0.389. The summed E-state index contributed by atoms with van der Waals surface area (Å²) in [5.74, 6) is 0.278. The van der Waals surface area contributed by atoms with Crippen molar-refractivity contribution in [1.82, 2.24) is 9.55 Å². The lowest BCUT2D eigenvalue weighted by atomic mass is 10.3. The minimum atomic E-state index is -0.860. The van der Waals surface area contributed by atoms with Gasteiger partial charge < -0.3 is 20.0 Å². The molecule has 106 valence electrons. The molecule has 1 aromatic carbocycles. The number of hydrogen-bond donors (Lipinski definition) is 1. The van der Waals surface area contributed by atoms with E-state index in [9.17, 15) is 15.2 Å². The Bertz CT molecular complexity index is 588. The molecule has 1 heterocycles. The van der Waals surface area contributed by atoms with Gasteiger partial charge in [-0.15, -0.1) is 0 Å². The standard InChI is InChI=1S/C12H12ClN3O4/c13-12-14-11(16(18)19)7-15(12)6-9(17)8-20-10-4-2-1-3-5-10/h1-5,7,9,17H,6,8H2/t9-/m0/s1. The van der Waals surface area contributed by atoms with Crippen LogP contribution in [-0.2, 0) is 6.54 Å². The molecular weight excluding hydrogens is 286 g/mol. The summed E-state index contributed by atoms with van der Waals surface area (Å²) in [7, 11) is 0. The van der Waals surface area contributed by atoms with E-state index in [1.54, 1.807) is 12.1 Å². The zero-order chi connectivity index (χ0) is 14.5. The maximum atomic E-state index is 10.5. The fourth-order valence-corrected chi connectivity index (χ4v) is 1.79. The third-order valence-electron chi connectivity index (χ3n) is 2.50. The molecule has 8 heteroatoms. The van der Waals surface area contributed by atoms with Crippen LogP contribution in [0.15, 0.2) is 36.5 Å². The summed E-state index contributed by atoms with van der Waals surface area (Å²) in [5.41, 5.74) is 0. The first-order chi connectivity index (χ1) is 9.56. The minimum absolute atomic E-state index is 0.0459. The van der Waals surface area contributed by atoms with Gasteiger partial charge in [-0.25, -0.2) is 0 Å². The first-order valence-corrected chi connectivity index (χ1v) is 6.17. The van der Waals surface area contributed by atoms with Gasteiger partial charge in [-0.2, -0.15) is 0 Å². The molecule has 0 fully saturated rings. The summed E-state index contributed by atoms with van der Waals surface area (Å²) >= 11 is 5.75. The van der Waals surface area contributed by atoms with Crippen molar-refractivity contribution in [3.8, 4) is 5.75 Å². The Morgan fingerprint density at radius 2 is 2.15 bits per heavy atom. The topological polar surface area (TPSA) is 90.4 Å². The molecule has 0 saturated carbocycles. The van der Waals surface area contributed by atoms with Crippen molar-refractivity contribution in [2.45, 2.75) is 12.6 Å². The van der Waals surface area contributed by atoms with Crippen molar-refractivity contribution in [2.24, 2.45) is 0 Å². The number of benzene rings is 1. The lowest BCUT2D eigenvalue weighted by Gasteiger charge is -2.12. The molecule has 0 aliphatic heterocycles. The smallest absolute Gasteiger partial charge is 0.383 e. The number of para-hydroxylation sites is 1. The summed E-state index contributed by atoms with van der Waals surface area (Å²) in [5, 5.41) is 20.3. The zero-order valence-corrected chi connectivity index (χ0v) is 11.1. The molecule has 0 aliphatic carbocycles. The van der Waals surface area contributed by atoms with E-state index in [2.05, 4.69) is 4.98 Å². The van der Waals surface area contributed by atoms with Gasteiger partial charge in [-0.3, -0.25) is 4.57 Å². The van der Waals surface area contributed by atoms with Crippen LogP contribution in [-0.4, -0.2) is 32.3 Å². The van der Waals surface area contributed by atoms with Gasteiger partial charge in [0.05, 0.1) is 6.54 Å². The Morgan fingerprint density at radius 1 is 1.45 bits per heavy atom. The molecule has 0 aliphatic rings. The van der Waals surface area contributed by atoms with E-state index >= 15 is 0 Å². The largest absolute Gasteiger partial charge is 0.491 e. The van der Waals surface area contributed by atoms with Crippen LogP contribution >= 0.6 is 11.6 Å². The number of halogens is 1. The molecule has 7 nitrogen and oxygen atoms in total. The van der Waals surface area contributed by atoms with Crippen molar-refractivity contribution >= 4 is 17.4 Å². The van der Waals surface area contributed by atoms with E-state index in [-0.39, 0.29) is 24.3 Å². The number of aromatic nitrogens is 2. The Balaban J connectivity index is 1.91. The number of nitro groups is 1. The molecule has 1 N–H and O–H groups in total. The van der Waals surface area contributed by atoms with Crippen LogP contribution in [0.3, 0.4) is 0 Å². The molecule has 20 heavy (non-hydrogen) atoms. The molecule has 2 aromatic rings. The summed E-state index contributed by atoms with van der Waals surface area (Å²) in [6, 6.07) is 9.02. The molecule has 0 unspecified atom stereocenters. The molecule has 0 amide bonds. The second kappa shape index (κ2) is 6.36. The van der Waals surface area contributed by atoms with E-state index in [0.717, 1.165) is 0 Å². The third kappa shape index (κ3) is 3.69. The molecule has 0 spiro atoms. The maximum absolute atomic E-state index is 10.5. The highest BCUT2D eigenvalue weighted by molar-refractivity contribution is 6.28. The van der Waals surface area contributed by atoms with E-state index in [1.165, 1.54) is 10.8 Å². The molecule has 0 radical (unpaired) electrons. The highest BCUT2D eigenvalue weighted by Crippen LogP contribution is 2.16. The summed E-state index contributed by atoms with van der Waals surface area (Å²) in [4.78, 5) is 13.5. The lowest BCUT2D eigenvalue weighted by Crippen LogP contribution is -2.23. The van der Waals surface area contributed by atoms with Gasteiger partial charge in [-0.1, -0.05) is 18.2 Å². The predicted octanol–water partition coefficient (Wildman–Crippen LogP) is 1.88. The third-order valence-corrected chi connectivity index (χ3v) is 2.80. The molecule has 0 bridgehead atoms. The van der Waals surface area contributed by atoms with Crippen molar-refractivity contribution in [3.05, 3.63) is 51.9 Å². The van der Waals surface area contributed by atoms with Crippen molar-refractivity contribution in [2.75, 3.05) is 6.61 Å². The Hall–Kier alpha value is -2.12. The summed E-state index contributed by atoms with van der Waals surface area (Å²) in [6.07, 6.45) is 0.315. The van der Waals surface area contributed by atoms with Gasteiger partial charge in [0, 0.05) is 0 Å². The fraction of sp³-hybridized carbons (Fsp3) is 0.250. The van der Waals surface area contributed by atoms with Crippen molar-refractivity contribution < 1.29 is 14.8 Å². The Labute approximate surface area is 119 Å². The van der Waals surface area contributed by atoms with Crippen LogP contribution in [0.5, 0.6) is 5.75 Å². The zero-order valence-electron chi connectivity index (χ0n) is 10.3. The van der Waals surface area contributed by atoms with Crippen LogP contribution < -0.4 is 4.74 Å². The maximum Gasteiger partial charge on any atom is 0.383 e. The van der Waals surface area contributed by atoms with Crippen molar-refractivity contribution in [3.63, 3.8) is 0 Å². The first kappa shape index (κ1) is 14.3. The van der Waals surface area contributed by atoms with Gasteiger partial charge in [0.25, 0.3) is 0 Å². The van der Waals surface area contributed by atoms with Crippen LogP contribution in [0.25, 0.3) is 0 Å². The molecule has 2 rings (SSSR count). The van der Waals surface area contributed by atoms with Crippen LogP contribution in [0.2, 0.25) is 5.28 Å². The molecule has 0 saturated heterocycles. The van der Waals surface area contributed by atoms with E-state index < -0.39 is 11.0 Å². The molecule has 1 atom stereocenters. The number of aliphatic hydroxyl groups is 1. The quantitative estimate of drug-likeness (QED) is 0.649. The SMILES string of the molecule is O=[N+]([O-])c1cn(C[C@H](O)COc2ccccc2)c(Cl)n1. The summed E-state index contributed by atoms with van der Waals surface area (Å²) in [6.45, 7) is 0.110. The van der Waals surface area contributed by atoms with Crippen LogP contribution in [0.1, 0.15) is 0 Å². The van der Waals surface area contributed by atoms with Gasteiger partial charge in [-0.05, 0) is 33.6 Å². The first-order valence-electron chi connectivity index (χ1n) is 5.79.